The molecule has 0 unspecified atom stereocenters. The highest BCUT2D eigenvalue weighted by atomic mass is 16.5. The van der Waals surface area contributed by atoms with Crippen molar-refractivity contribution in [2.75, 3.05) is 38.1 Å². The third-order valence-electron chi connectivity index (χ3n) is 6.51. The number of hydrogen-bond donors (Lipinski definition) is 1. The maximum atomic E-state index is 12.1. The van der Waals surface area contributed by atoms with Gasteiger partial charge in [-0.2, -0.15) is 0 Å². The number of pyridine rings is 1. The fourth-order valence-electron chi connectivity index (χ4n) is 4.71. The van der Waals surface area contributed by atoms with E-state index in [0.717, 1.165) is 69.7 Å². The molecule has 0 spiro atoms. The number of Topliss-reactive ketones (excluding diaryl/α,β-unsaturated/α-hetero) is 1. The lowest BCUT2D eigenvalue weighted by Gasteiger charge is -2.33. The van der Waals surface area contributed by atoms with Gasteiger partial charge in [0.15, 0.2) is 0 Å². The van der Waals surface area contributed by atoms with E-state index >= 15 is 0 Å². The number of nitrogens with one attached hydrogen (secondary N) is 1. The van der Waals surface area contributed by atoms with E-state index in [2.05, 4.69) is 22.3 Å². The van der Waals surface area contributed by atoms with E-state index in [0.29, 0.717) is 6.61 Å². The minimum Gasteiger partial charge on any atom is -0.376 e. The average molecular weight is 422 g/mol. The molecule has 0 radical (unpaired) electrons. The van der Waals surface area contributed by atoms with Crippen molar-refractivity contribution < 1.29 is 9.53 Å². The molecule has 1 saturated heterocycles. The van der Waals surface area contributed by atoms with Gasteiger partial charge < -0.3 is 15.0 Å². The van der Waals surface area contributed by atoms with Crippen LogP contribution in [0.2, 0.25) is 0 Å². The van der Waals surface area contributed by atoms with Gasteiger partial charge >= 0.3 is 0 Å². The number of hydrogen-bond acceptors (Lipinski definition) is 5. The Morgan fingerprint density at radius 3 is 2.94 bits per heavy atom. The van der Waals surface area contributed by atoms with Crippen LogP contribution in [0.15, 0.2) is 42.5 Å². The van der Waals surface area contributed by atoms with Gasteiger partial charge in [-0.3, -0.25) is 4.79 Å². The molecular weight excluding hydrogens is 386 g/mol. The quantitative estimate of drug-likeness (QED) is 0.657. The standard InChI is InChI=1S/C26H35N3O2/c1-20(30)25(21-8-3-2-4-9-21)19-31-24-12-7-17-29(18-24)16-6-11-23-14-13-22-10-5-15-27-26(22)28-23/h2-4,8-9,13-14,24-25H,5-7,10-12,15-19H2,1H3,(H,27,28)/t24-,25-/m1/s1. The van der Waals surface area contributed by atoms with E-state index in [1.165, 1.54) is 17.7 Å². The van der Waals surface area contributed by atoms with Crippen LogP contribution in [-0.2, 0) is 22.4 Å². The second-order valence-corrected chi connectivity index (χ2v) is 8.92. The van der Waals surface area contributed by atoms with Gasteiger partial charge in [0.2, 0.25) is 0 Å². The third kappa shape index (κ3) is 6.14. The van der Waals surface area contributed by atoms with Gasteiger partial charge in [0.25, 0.3) is 0 Å². The molecule has 5 heteroatoms. The van der Waals surface area contributed by atoms with Crippen molar-refractivity contribution in [1.29, 1.82) is 0 Å². The highest BCUT2D eigenvalue weighted by Crippen LogP contribution is 2.22. The predicted molar refractivity (Wildman–Crippen MR) is 125 cm³/mol. The van der Waals surface area contributed by atoms with E-state index in [1.54, 1.807) is 6.92 Å². The molecule has 166 valence electrons. The zero-order valence-corrected chi connectivity index (χ0v) is 18.7. The molecular formula is C26H35N3O2. The van der Waals surface area contributed by atoms with E-state index in [1.807, 2.05) is 30.3 Å². The summed E-state index contributed by atoms with van der Waals surface area (Å²) in [7, 11) is 0. The number of nitrogens with zero attached hydrogens (tertiary/aromatic N) is 2. The van der Waals surface area contributed by atoms with Crippen molar-refractivity contribution in [2.24, 2.45) is 0 Å². The van der Waals surface area contributed by atoms with E-state index in [9.17, 15) is 4.79 Å². The van der Waals surface area contributed by atoms with Gasteiger partial charge in [-0.05, 0) is 75.7 Å². The van der Waals surface area contributed by atoms with Crippen molar-refractivity contribution in [3.05, 3.63) is 59.3 Å². The third-order valence-corrected chi connectivity index (χ3v) is 6.51. The highest BCUT2D eigenvalue weighted by Gasteiger charge is 2.23. The molecule has 2 aliphatic heterocycles. The molecule has 2 aromatic rings. The zero-order chi connectivity index (χ0) is 21.5. The van der Waals surface area contributed by atoms with Gasteiger partial charge in [0, 0.05) is 18.8 Å². The van der Waals surface area contributed by atoms with Crippen molar-refractivity contribution >= 4 is 11.6 Å². The summed E-state index contributed by atoms with van der Waals surface area (Å²) >= 11 is 0. The minimum absolute atomic E-state index is 0.166. The lowest BCUT2D eigenvalue weighted by Crippen LogP contribution is -2.41. The van der Waals surface area contributed by atoms with Crippen molar-refractivity contribution in [3.63, 3.8) is 0 Å². The Morgan fingerprint density at radius 1 is 1.23 bits per heavy atom. The molecule has 0 saturated carbocycles. The Kier molecular flexibility index (Phi) is 7.71. The van der Waals surface area contributed by atoms with Crippen LogP contribution in [0, 0.1) is 0 Å². The highest BCUT2D eigenvalue weighted by molar-refractivity contribution is 5.83. The van der Waals surface area contributed by atoms with Crippen LogP contribution in [-0.4, -0.2) is 54.6 Å². The maximum absolute atomic E-state index is 12.1. The van der Waals surface area contributed by atoms with Gasteiger partial charge in [-0.15, -0.1) is 0 Å². The number of anilines is 1. The summed E-state index contributed by atoms with van der Waals surface area (Å²) in [5.74, 6) is 1.10. The normalized spacial score (nSPS) is 20.0. The summed E-state index contributed by atoms with van der Waals surface area (Å²) in [6.45, 7) is 6.34. The SMILES string of the molecule is CC(=O)[C@@H](CO[C@@H]1CCCN(CCCc2ccc3c(n2)NCCC3)C1)c1ccccc1. The van der Waals surface area contributed by atoms with Gasteiger partial charge in [0.05, 0.1) is 18.6 Å². The first-order chi connectivity index (χ1) is 15.2. The monoisotopic (exact) mass is 421 g/mol. The lowest BCUT2D eigenvalue weighted by atomic mass is 9.96. The van der Waals surface area contributed by atoms with Gasteiger partial charge in [0.1, 0.15) is 11.6 Å². The molecule has 0 bridgehead atoms. The van der Waals surface area contributed by atoms with Crippen LogP contribution < -0.4 is 5.32 Å². The van der Waals surface area contributed by atoms with Crippen LogP contribution in [0.25, 0.3) is 0 Å². The van der Waals surface area contributed by atoms with Crippen LogP contribution in [0.4, 0.5) is 5.82 Å². The summed E-state index contributed by atoms with van der Waals surface area (Å²) in [5.41, 5.74) is 3.59. The first-order valence-corrected chi connectivity index (χ1v) is 11.8. The molecule has 0 aliphatic carbocycles. The Morgan fingerprint density at radius 2 is 2.10 bits per heavy atom. The van der Waals surface area contributed by atoms with Gasteiger partial charge in [-0.1, -0.05) is 36.4 Å². The zero-order valence-electron chi connectivity index (χ0n) is 18.7. The van der Waals surface area contributed by atoms with E-state index in [4.69, 9.17) is 9.72 Å². The number of ether oxygens (including phenoxy) is 1. The summed E-state index contributed by atoms with van der Waals surface area (Å²) in [6.07, 6.45) is 6.90. The number of carbonyl (C=O) groups is 1. The largest absolute Gasteiger partial charge is 0.376 e. The Labute approximate surface area is 186 Å². The Balaban J connectivity index is 1.23. The van der Waals surface area contributed by atoms with Crippen LogP contribution in [0.3, 0.4) is 0 Å². The Hall–Kier alpha value is -2.24. The lowest BCUT2D eigenvalue weighted by molar-refractivity contribution is -0.120. The average Bonchev–Trinajstić information content (AvgIpc) is 2.80. The molecule has 1 N–H and O–H groups in total. The maximum Gasteiger partial charge on any atom is 0.139 e. The summed E-state index contributed by atoms with van der Waals surface area (Å²) in [6, 6.07) is 14.4. The van der Waals surface area contributed by atoms with E-state index in [-0.39, 0.29) is 17.8 Å². The second-order valence-electron chi connectivity index (χ2n) is 8.92. The number of aryl methyl sites for hydroxylation is 2. The number of rotatable bonds is 9. The smallest absolute Gasteiger partial charge is 0.139 e. The van der Waals surface area contributed by atoms with Crippen molar-refractivity contribution in [2.45, 2.75) is 57.5 Å². The molecule has 1 aromatic heterocycles. The topological polar surface area (TPSA) is 54.5 Å². The molecule has 31 heavy (non-hydrogen) atoms. The first-order valence-electron chi connectivity index (χ1n) is 11.8. The molecule has 0 amide bonds. The van der Waals surface area contributed by atoms with Crippen LogP contribution in [0.1, 0.15) is 55.3 Å². The molecule has 2 atom stereocenters. The fraction of sp³-hybridized carbons (Fsp3) is 0.538. The van der Waals surface area contributed by atoms with Crippen LogP contribution >= 0.6 is 0 Å². The number of benzene rings is 1. The number of ketones is 1. The second kappa shape index (κ2) is 10.9. The summed E-state index contributed by atoms with van der Waals surface area (Å²) in [5, 5.41) is 3.43. The minimum atomic E-state index is -0.166. The van der Waals surface area contributed by atoms with Gasteiger partial charge in [-0.25, -0.2) is 4.98 Å². The summed E-state index contributed by atoms with van der Waals surface area (Å²) < 4.78 is 6.23. The number of piperidine rings is 1. The number of likely N-dealkylation sites (tertiary alicyclic amines) is 1. The van der Waals surface area contributed by atoms with E-state index < -0.39 is 0 Å². The number of aromatic nitrogens is 1. The molecule has 1 aromatic carbocycles. The summed E-state index contributed by atoms with van der Waals surface area (Å²) in [4.78, 5) is 19.5. The van der Waals surface area contributed by atoms with Crippen LogP contribution in [0.5, 0.6) is 0 Å². The number of fused-ring (bicyclic) bond motifs is 1. The fourth-order valence-corrected chi connectivity index (χ4v) is 4.71. The molecule has 5 nitrogen and oxygen atoms in total. The molecule has 1 fully saturated rings. The predicted octanol–water partition coefficient (Wildman–Crippen LogP) is 4.23. The first kappa shape index (κ1) is 22.0. The Bertz CT molecular complexity index is 855. The van der Waals surface area contributed by atoms with Crippen molar-refractivity contribution in [1.82, 2.24) is 9.88 Å². The molecule has 4 rings (SSSR count). The molecule has 2 aliphatic rings. The van der Waals surface area contributed by atoms with Crippen molar-refractivity contribution in [3.8, 4) is 0 Å². The number of carbonyl (C=O) groups excluding carboxylic acids is 1. The molecule has 3 heterocycles.